The standard InChI is InChI=1S/C10H8INOS/c1-8(13-6-11)9-2-4-10(5-3-9)12-7-14/h2-5H,1,6H2. The van der Waals surface area contributed by atoms with Gasteiger partial charge in [-0.25, -0.2) is 0 Å². The number of isothiocyanates is 1. The van der Waals surface area contributed by atoms with Crippen LogP contribution in [0.15, 0.2) is 35.8 Å². The van der Waals surface area contributed by atoms with E-state index in [-0.39, 0.29) is 0 Å². The molecule has 0 saturated heterocycles. The Balaban J connectivity index is 2.82. The van der Waals surface area contributed by atoms with Gasteiger partial charge in [-0.05, 0) is 59.1 Å². The summed E-state index contributed by atoms with van der Waals surface area (Å²) in [5.74, 6) is 0.664. The monoisotopic (exact) mass is 317 g/mol. The average Bonchev–Trinajstić information content (AvgIpc) is 2.20. The SMILES string of the molecule is C=C(OCI)c1ccc(N=C=S)cc1. The number of alkyl halides is 1. The van der Waals surface area contributed by atoms with Crippen molar-refractivity contribution >= 4 is 51.4 Å². The zero-order valence-electron chi connectivity index (χ0n) is 7.37. The third-order valence-corrected chi connectivity index (χ3v) is 2.00. The van der Waals surface area contributed by atoms with Gasteiger partial charge in [-0.15, -0.1) is 0 Å². The average molecular weight is 317 g/mol. The molecule has 1 rings (SSSR count). The highest BCUT2D eigenvalue weighted by molar-refractivity contribution is 14.1. The summed E-state index contributed by atoms with van der Waals surface area (Å²) in [5, 5.41) is 2.31. The summed E-state index contributed by atoms with van der Waals surface area (Å²) < 4.78 is 5.85. The van der Waals surface area contributed by atoms with Gasteiger partial charge in [0.1, 0.15) is 10.4 Å². The van der Waals surface area contributed by atoms with E-state index in [2.05, 4.69) is 51.5 Å². The quantitative estimate of drug-likeness (QED) is 0.277. The third-order valence-electron chi connectivity index (χ3n) is 1.59. The number of hydrogen-bond donors (Lipinski definition) is 0. The lowest BCUT2D eigenvalue weighted by atomic mass is 10.2. The fourth-order valence-electron chi connectivity index (χ4n) is 0.924. The van der Waals surface area contributed by atoms with E-state index in [1.165, 1.54) is 0 Å². The van der Waals surface area contributed by atoms with Crippen LogP contribution in [0.1, 0.15) is 5.56 Å². The van der Waals surface area contributed by atoms with Gasteiger partial charge in [-0.1, -0.05) is 6.58 Å². The number of thiocarbonyl (C=S) groups is 1. The normalized spacial score (nSPS) is 8.93. The summed E-state index contributed by atoms with van der Waals surface area (Å²) in [7, 11) is 0. The van der Waals surface area contributed by atoms with E-state index in [9.17, 15) is 0 Å². The highest BCUT2D eigenvalue weighted by Gasteiger charge is 1.98. The Hall–Kier alpha value is -0.710. The lowest BCUT2D eigenvalue weighted by Crippen LogP contribution is -1.86. The first-order chi connectivity index (χ1) is 6.77. The molecule has 0 aliphatic heterocycles. The van der Waals surface area contributed by atoms with Crippen molar-refractivity contribution in [1.29, 1.82) is 0 Å². The molecule has 0 unspecified atom stereocenters. The van der Waals surface area contributed by atoms with Crippen LogP contribution in [0.2, 0.25) is 0 Å². The Morgan fingerprint density at radius 2 is 2.14 bits per heavy atom. The highest BCUT2D eigenvalue weighted by atomic mass is 127. The molecule has 0 amide bonds. The number of benzene rings is 1. The van der Waals surface area contributed by atoms with E-state index < -0.39 is 0 Å². The number of hydrogen-bond acceptors (Lipinski definition) is 3. The van der Waals surface area contributed by atoms with Gasteiger partial charge in [0, 0.05) is 5.56 Å². The van der Waals surface area contributed by atoms with Crippen molar-refractivity contribution in [2.45, 2.75) is 0 Å². The van der Waals surface area contributed by atoms with Gasteiger partial charge < -0.3 is 4.74 Å². The van der Waals surface area contributed by atoms with Gasteiger partial charge in [0.2, 0.25) is 0 Å². The minimum atomic E-state index is 0.594. The Bertz CT molecular complexity index is 368. The summed E-state index contributed by atoms with van der Waals surface area (Å²) in [6.07, 6.45) is 0. The number of aliphatic imine (C=N–C) groups is 1. The van der Waals surface area contributed by atoms with Crippen LogP contribution < -0.4 is 0 Å². The number of rotatable bonds is 4. The first-order valence-corrected chi connectivity index (χ1v) is 5.77. The molecular formula is C10H8INOS. The lowest BCUT2D eigenvalue weighted by molar-refractivity contribution is 0.361. The molecule has 0 bridgehead atoms. The molecule has 0 spiro atoms. The summed E-state index contributed by atoms with van der Waals surface area (Å²) in [5.41, 5.74) is 1.73. The smallest absolute Gasteiger partial charge is 0.139 e. The first kappa shape index (κ1) is 11.4. The zero-order chi connectivity index (χ0) is 10.4. The van der Waals surface area contributed by atoms with Crippen molar-refractivity contribution in [3.05, 3.63) is 36.4 Å². The molecule has 72 valence electrons. The van der Waals surface area contributed by atoms with Crippen LogP contribution in [-0.4, -0.2) is 9.77 Å². The minimum absolute atomic E-state index is 0.594. The molecule has 0 N–H and O–H groups in total. The molecule has 1 aromatic rings. The molecule has 0 aromatic heterocycles. The first-order valence-electron chi connectivity index (χ1n) is 3.84. The zero-order valence-corrected chi connectivity index (χ0v) is 10.3. The van der Waals surface area contributed by atoms with Crippen LogP contribution in [0.4, 0.5) is 5.69 Å². The molecule has 1 aromatic carbocycles. The van der Waals surface area contributed by atoms with E-state index in [0.717, 1.165) is 11.3 Å². The fourth-order valence-corrected chi connectivity index (χ4v) is 1.41. The molecule has 4 heteroatoms. The summed E-state index contributed by atoms with van der Waals surface area (Å²) in [6.45, 7) is 3.80. The van der Waals surface area contributed by atoms with Crippen LogP contribution in [0.25, 0.3) is 5.76 Å². The number of halogens is 1. The molecular weight excluding hydrogens is 309 g/mol. The van der Waals surface area contributed by atoms with Crippen LogP contribution in [0.5, 0.6) is 0 Å². The van der Waals surface area contributed by atoms with Crippen molar-refractivity contribution in [1.82, 2.24) is 0 Å². The molecule has 0 heterocycles. The van der Waals surface area contributed by atoms with Crippen LogP contribution in [-0.2, 0) is 4.74 Å². The predicted molar refractivity (Wildman–Crippen MR) is 70.1 cm³/mol. The molecule has 0 atom stereocenters. The Kier molecular flexibility index (Phi) is 4.79. The fraction of sp³-hybridized carbons (Fsp3) is 0.100. The Labute approximate surface area is 102 Å². The summed E-state index contributed by atoms with van der Waals surface area (Å²) in [4.78, 5) is 3.85. The van der Waals surface area contributed by atoms with E-state index in [1.807, 2.05) is 24.3 Å². The Morgan fingerprint density at radius 3 is 2.64 bits per heavy atom. The number of ether oxygens (including phenoxy) is 1. The van der Waals surface area contributed by atoms with Gasteiger partial charge >= 0.3 is 0 Å². The maximum absolute atomic E-state index is 5.25. The highest BCUT2D eigenvalue weighted by Crippen LogP contribution is 2.18. The van der Waals surface area contributed by atoms with Gasteiger partial charge in [0.05, 0.1) is 10.8 Å². The number of nitrogens with zero attached hydrogens (tertiary/aromatic N) is 1. The van der Waals surface area contributed by atoms with Crippen molar-refractivity contribution < 1.29 is 4.74 Å². The summed E-state index contributed by atoms with van der Waals surface area (Å²) in [6, 6.07) is 7.47. The van der Waals surface area contributed by atoms with Crippen LogP contribution in [0, 0.1) is 0 Å². The van der Waals surface area contributed by atoms with Gasteiger partial charge in [0.25, 0.3) is 0 Å². The second-order valence-electron chi connectivity index (χ2n) is 2.43. The van der Waals surface area contributed by atoms with E-state index in [1.54, 1.807) is 0 Å². The maximum atomic E-state index is 5.25. The Morgan fingerprint density at radius 1 is 1.50 bits per heavy atom. The topological polar surface area (TPSA) is 21.6 Å². The van der Waals surface area contributed by atoms with Crippen molar-refractivity contribution in [2.24, 2.45) is 4.99 Å². The molecule has 2 nitrogen and oxygen atoms in total. The minimum Gasteiger partial charge on any atom is -0.483 e. The molecule has 0 saturated carbocycles. The summed E-state index contributed by atoms with van der Waals surface area (Å²) >= 11 is 6.62. The third kappa shape index (κ3) is 3.21. The van der Waals surface area contributed by atoms with Crippen molar-refractivity contribution in [2.75, 3.05) is 4.61 Å². The molecule has 0 radical (unpaired) electrons. The van der Waals surface area contributed by atoms with Crippen molar-refractivity contribution in [3.63, 3.8) is 0 Å². The van der Waals surface area contributed by atoms with Crippen LogP contribution >= 0.6 is 34.8 Å². The molecule has 0 fully saturated rings. The maximum Gasteiger partial charge on any atom is 0.139 e. The molecule has 0 aliphatic rings. The molecule has 14 heavy (non-hydrogen) atoms. The van der Waals surface area contributed by atoms with Gasteiger partial charge in [-0.3, -0.25) is 0 Å². The lowest BCUT2D eigenvalue weighted by Gasteiger charge is -2.05. The van der Waals surface area contributed by atoms with Crippen LogP contribution in [0.3, 0.4) is 0 Å². The van der Waals surface area contributed by atoms with E-state index in [0.29, 0.717) is 10.4 Å². The second-order valence-corrected chi connectivity index (χ2v) is 3.23. The van der Waals surface area contributed by atoms with Gasteiger partial charge in [0.15, 0.2) is 0 Å². The molecule has 0 aliphatic carbocycles. The van der Waals surface area contributed by atoms with E-state index in [4.69, 9.17) is 4.74 Å². The van der Waals surface area contributed by atoms with Gasteiger partial charge in [-0.2, -0.15) is 4.99 Å². The van der Waals surface area contributed by atoms with Crippen molar-refractivity contribution in [3.8, 4) is 0 Å². The largest absolute Gasteiger partial charge is 0.483 e. The van der Waals surface area contributed by atoms with E-state index >= 15 is 0 Å². The predicted octanol–water partition coefficient (Wildman–Crippen LogP) is 3.80. The second kappa shape index (κ2) is 5.90.